The Morgan fingerprint density at radius 3 is 2.57 bits per heavy atom. The van der Waals surface area contributed by atoms with E-state index in [0.717, 1.165) is 37.3 Å². The van der Waals surface area contributed by atoms with Crippen LogP contribution in [0.25, 0.3) is 11.3 Å². The summed E-state index contributed by atoms with van der Waals surface area (Å²) in [6.07, 6.45) is 2.96. The minimum absolute atomic E-state index is 0. The zero-order chi connectivity index (χ0) is 20.2. The molecule has 1 saturated heterocycles. The molecule has 1 aliphatic heterocycles. The average Bonchev–Trinajstić information content (AvgIpc) is 3.37. The number of nitrogens with zero attached hydrogens (tertiary/aromatic N) is 3. The Balaban J connectivity index is 0.00000256. The second-order valence-corrected chi connectivity index (χ2v) is 7.90. The van der Waals surface area contributed by atoms with Crippen molar-refractivity contribution in [1.82, 2.24) is 20.0 Å². The van der Waals surface area contributed by atoms with Gasteiger partial charge in [-0.2, -0.15) is 5.10 Å². The van der Waals surface area contributed by atoms with Gasteiger partial charge < -0.3 is 10.2 Å². The molecule has 0 bridgehead atoms. The highest BCUT2D eigenvalue weighted by molar-refractivity contribution is 6.00. The van der Waals surface area contributed by atoms with Crippen molar-refractivity contribution in [3.63, 3.8) is 0 Å². The fourth-order valence-electron chi connectivity index (χ4n) is 4.00. The monoisotopic (exact) mass is 424 g/mol. The van der Waals surface area contributed by atoms with E-state index in [1.807, 2.05) is 41.0 Å². The first kappa shape index (κ1) is 22.1. The lowest BCUT2D eigenvalue weighted by atomic mass is 10.1. The topological polar surface area (TPSA) is 50.2 Å². The summed E-state index contributed by atoms with van der Waals surface area (Å²) in [6, 6.07) is 18.5. The Morgan fingerprint density at radius 1 is 1.13 bits per heavy atom. The third kappa shape index (κ3) is 4.91. The van der Waals surface area contributed by atoms with Crippen LogP contribution in [0.3, 0.4) is 0 Å². The molecule has 0 saturated carbocycles. The SMILES string of the molecule is CNCC1CCN(C(=O)c2cn(Cc3ccccc3)nc2-c2ccc(C)cc2)C1.Cl. The zero-order valence-corrected chi connectivity index (χ0v) is 18.4. The lowest BCUT2D eigenvalue weighted by molar-refractivity contribution is 0.0788. The molecule has 0 aliphatic carbocycles. The van der Waals surface area contributed by atoms with Crippen LogP contribution in [0.1, 0.15) is 27.9 Å². The van der Waals surface area contributed by atoms with E-state index in [1.54, 1.807) is 0 Å². The van der Waals surface area contributed by atoms with Crippen molar-refractivity contribution in [2.75, 3.05) is 26.7 Å². The summed E-state index contributed by atoms with van der Waals surface area (Å²) >= 11 is 0. The molecule has 1 aliphatic rings. The van der Waals surface area contributed by atoms with Gasteiger partial charge in [-0.25, -0.2) is 0 Å². The number of hydrogen-bond donors (Lipinski definition) is 1. The summed E-state index contributed by atoms with van der Waals surface area (Å²) in [5.41, 5.74) is 4.80. The summed E-state index contributed by atoms with van der Waals surface area (Å²) in [5.74, 6) is 0.602. The van der Waals surface area contributed by atoms with Gasteiger partial charge in [0.05, 0.1) is 12.1 Å². The van der Waals surface area contributed by atoms with Crippen LogP contribution >= 0.6 is 12.4 Å². The van der Waals surface area contributed by atoms with Crippen molar-refractivity contribution in [2.45, 2.75) is 19.9 Å². The van der Waals surface area contributed by atoms with Gasteiger partial charge in [0.2, 0.25) is 0 Å². The summed E-state index contributed by atoms with van der Waals surface area (Å²) in [5, 5.41) is 8.04. The molecule has 1 amide bonds. The molecule has 6 heteroatoms. The van der Waals surface area contributed by atoms with E-state index in [1.165, 1.54) is 11.1 Å². The molecule has 0 spiro atoms. The largest absolute Gasteiger partial charge is 0.338 e. The normalized spacial score (nSPS) is 15.8. The maximum absolute atomic E-state index is 13.4. The quantitative estimate of drug-likeness (QED) is 0.650. The molecule has 5 nitrogen and oxygen atoms in total. The number of carbonyl (C=O) groups excluding carboxylic acids is 1. The van der Waals surface area contributed by atoms with E-state index in [2.05, 4.69) is 48.6 Å². The molecule has 1 unspecified atom stereocenters. The molecule has 1 aromatic heterocycles. The number of hydrogen-bond acceptors (Lipinski definition) is 3. The predicted octanol–water partition coefficient (Wildman–Crippen LogP) is 4.01. The van der Waals surface area contributed by atoms with Gasteiger partial charge in [0.15, 0.2) is 0 Å². The molecule has 158 valence electrons. The van der Waals surface area contributed by atoms with E-state index in [0.29, 0.717) is 18.0 Å². The molecule has 0 radical (unpaired) electrons. The number of amides is 1. The second-order valence-electron chi connectivity index (χ2n) is 7.90. The summed E-state index contributed by atoms with van der Waals surface area (Å²) < 4.78 is 1.89. The van der Waals surface area contributed by atoms with Crippen LogP contribution in [0.15, 0.2) is 60.8 Å². The first-order valence-electron chi connectivity index (χ1n) is 10.3. The van der Waals surface area contributed by atoms with Crippen molar-refractivity contribution in [1.29, 1.82) is 0 Å². The van der Waals surface area contributed by atoms with Crippen molar-refractivity contribution in [2.24, 2.45) is 5.92 Å². The summed E-state index contributed by atoms with van der Waals surface area (Å²) in [4.78, 5) is 15.4. The van der Waals surface area contributed by atoms with Crippen LogP contribution in [0.2, 0.25) is 0 Å². The fraction of sp³-hybridized carbons (Fsp3) is 0.333. The highest BCUT2D eigenvalue weighted by Crippen LogP contribution is 2.26. The van der Waals surface area contributed by atoms with Crippen molar-refractivity contribution >= 4 is 18.3 Å². The number of likely N-dealkylation sites (tertiary alicyclic amines) is 1. The number of nitrogens with one attached hydrogen (secondary N) is 1. The number of halogens is 1. The number of benzene rings is 2. The van der Waals surface area contributed by atoms with Crippen LogP contribution in [-0.4, -0.2) is 47.3 Å². The van der Waals surface area contributed by atoms with Gasteiger partial charge in [0.25, 0.3) is 5.91 Å². The Bertz CT molecular complexity index is 969. The van der Waals surface area contributed by atoms with Crippen molar-refractivity contribution in [3.8, 4) is 11.3 Å². The minimum Gasteiger partial charge on any atom is -0.338 e. The van der Waals surface area contributed by atoms with Crippen molar-refractivity contribution in [3.05, 3.63) is 77.5 Å². The maximum Gasteiger partial charge on any atom is 0.257 e. The molecule has 4 rings (SSSR count). The molecular formula is C24H29ClN4O. The fourth-order valence-corrected chi connectivity index (χ4v) is 4.00. The van der Waals surface area contributed by atoms with E-state index < -0.39 is 0 Å². The Labute approximate surface area is 184 Å². The van der Waals surface area contributed by atoms with Crippen LogP contribution in [-0.2, 0) is 6.54 Å². The third-order valence-electron chi connectivity index (χ3n) is 5.57. The number of carbonyl (C=O) groups is 1. The van der Waals surface area contributed by atoms with Crippen LogP contribution in [0, 0.1) is 12.8 Å². The summed E-state index contributed by atoms with van der Waals surface area (Å²) in [6.45, 7) is 5.27. The van der Waals surface area contributed by atoms with Gasteiger partial charge in [-0.15, -0.1) is 12.4 Å². The smallest absolute Gasteiger partial charge is 0.257 e. The van der Waals surface area contributed by atoms with Crippen molar-refractivity contribution < 1.29 is 4.79 Å². The van der Waals surface area contributed by atoms with Gasteiger partial charge >= 0.3 is 0 Å². The molecular weight excluding hydrogens is 396 g/mol. The lowest BCUT2D eigenvalue weighted by Gasteiger charge is -2.16. The molecule has 3 aromatic rings. The minimum atomic E-state index is 0. The first-order valence-corrected chi connectivity index (χ1v) is 10.3. The molecule has 2 aromatic carbocycles. The van der Waals surface area contributed by atoms with Crippen LogP contribution < -0.4 is 5.32 Å². The van der Waals surface area contributed by atoms with Gasteiger partial charge in [0, 0.05) is 24.8 Å². The van der Waals surface area contributed by atoms with E-state index in [-0.39, 0.29) is 18.3 Å². The first-order chi connectivity index (χ1) is 14.1. The van der Waals surface area contributed by atoms with Gasteiger partial charge in [-0.3, -0.25) is 9.48 Å². The van der Waals surface area contributed by atoms with E-state index >= 15 is 0 Å². The molecule has 1 atom stereocenters. The lowest BCUT2D eigenvalue weighted by Crippen LogP contribution is -2.30. The molecule has 1 N–H and O–H groups in total. The Kier molecular flexibility index (Phi) is 7.29. The third-order valence-corrected chi connectivity index (χ3v) is 5.57. The number of aromatic nitrogens is 2. The molecule has 1 fully saturated rings. The van der Waals surface area contributed by atoms with Gasteiger partial charge in [-0.05, 0) is 38.4 Å². The van der Waals surface area contributed by atoms with Gasteiger partial charge in [0.1, 0.15) is 5.69 Å². The van der Waals surface area contributed by atoms with E-state index in [9.17, 15) is 4.79 Å². The van der Waals surface area contributed by atoms with E-state index in [4.69, 9.17) is 5.10 Å². The van der Waals surface area contributed by atoms with Gasteiger partial charge in [-0.1, -0.05) is 60.2 Å². The zero-order valence-electron chi connectivity index (χ0n) is 17.5. The predicted molar refractivity (Wildman–Crippen MR) is 123 cm³/mol. The number of aryl methyl sites for hydroxylation is 1. The Hall–Kier alpha value is -2.63. The molecule has 30 heavy (non-hydrogen) atoms. The Morgan fingerprint density at radius 2 is 1.87 bits per heavy atom. The number of rotatable bonds is 6. The standard InChI is InChI=1S/C24H28N4O.ClH/c1-18-8-10-21(11-9-18)23-22(24(29)27-13-12-20(15-27)14-25-2)17-28(26-23)16-19-6-4-3-5-7-19;/h3-11,17,20,25H,12-16H2,1-2H3;1H. The van der Waals surface area contributed by atoms with Crippen LogP contribution in [0.4, 0.5) is 0 Å². The van der Waals surface area contributed by atoms with Crippen LogP contribution in [0.5, 0.6) is 0 Å². The maximum atomic E-state index is 13.4. The highest BCUT2D eigenvalue weighted by Gasteiger charge is 2.29. The highest BCUT2D eigenvalue weighted by atomic mass is 35.5. The second kappa shape index (κ2) is 9.92. The average molecular weight is 425 g/mol. The summed E-state index contributed by atoms with van der Waals surface area (Å²) in [7, 11) is 1.97. The molecule has 2 heterocycles.